The van der Waals surface area contributed by atoms with E-state index in [9.17, 15) is 9.59 Å². The first-order valence-corrected chi connectivity index (χ1v) is 12.3. The minimum Gasteiger partial charge on any atom is -0.457 e. The number of ether oxygens (including phenoxy) is 1. The summed E-state index contributed by atoms with van der Waals surface area (Å²) in [5.41, 5.74) is 3.21. The van der Waals surface area contributed by atoms with Crippen LogP contribution in [-0.2, 0) is 6.54 Å². The van der Waals surface area contributed by atoms with Crippen molar-refractivity contribution in [2.45, 2.75) is 19.5 Å². The number of aryl methyl sites for hydroxylation is 1. The van der Waals surface area contributed by atoms with Gasteiger partial charge >= 0.3 is 0 Å². The number of fused-ring (bicyclic) bond motifs is 2. The highest BCUT2D eigenvalue weighted by Gasteiger charge is 2.42. The number of carbonyl (C=O) groups is 1. The Hall–Kier alpha value is -4.35. The Morgan fingerprint density at radius 1 is 0.865 bits per heavy atom. The number of hydrogen-bond acceptors (Lipinski definition) is 4. The Bertz CT molecular complexity index is 1690. The number of nitrogens with zero attached hydrogens (tertiary/aromatic N) is 1. The van der Waals surface area contributed by atoms with Gasteiger partial charge in [0.1, 0.15) is 17.1 Å². The van der Waals surface area contributed by atoms with Crippen LogP contribution in [0.25, 0.3) is 11.0 Å². The molecule has 5 aromatic rings. The Kier molecular flexibility index (Phi) is 5.78. The van der Waals surface area contributed by atoms with E-state index in [4.69, 9.17) is 20.8 Å². The van der Waals surface area contributed by atoms with Crippen LogP contribution in [0.15, 0.2) is 106 Å². The molecule has 0 radical (unpaired) electrons. The summed E-state index contributed by atoms with van der Waals surface area (Å²) in [7, 11) is 0. The third-order valence-electron chi connectivity index (χ3n) is 6.55. The first kappa shape index (κ1) is 23.1. The molecule has 1 unspecified atom stereocenters. The number of carbonyl (C=O) groups excluding carboxylic acids is 1. The maximum absolute atomic E-state index is 13.8. The van der Waals surface area contributed by atoms with Crippen molar-refractivity contribution >= 4 is 28.5 Å². The smallest absolute Gasteiger partial charge is 0.291 e. The maximum atomic E-state index is 13.8. The summed E-state index contributed by atoms with van der Waals surface area (Å²) in [5.74, 6) is 1.03. The van der Waals surface area contributed by atoms with Gasteiger partial charge in [-0.15, -0.1) is 0 Å². The van der Waals surface area contributed by atoms with Crippen LogP contribution in [0.1, 0.15) is 38.9 Å². The van der Waals surface area contributed by atoms with E-state index in [0.29, 0.717) is 39.6 Å². The third kappa shape index (κ3) is 4.28. The van der Waals surface area contributed by atoms with Gasteiger partial charge in [-0.25, -0.2) is 0 Å². The lowest BCUT2D eigenvalue weighted by Gasteiger charge is -2.25. The zero-order valence-corrected chi connectivity index (χ0v) is 20.7. The summed E-state index contributed by atoms with van der Waals surface area (Å²) < 4.78 is 12.1. The van der Waals surface area contributed by atoms with Crippen LogP contribution in [-0.4, -0.2) is 10.8 Å². The molecule has 0 fully saturated rings. The van der Waals surface area contributed by atoms with E-state index in [2.05, 4.69) is 0 Å². The van der Waals surface area contributed by atoms with Crippen molar-refractivity contribution in [2.75, 3.05) is 0 Å². The van der Waals surface area contributed by atoms with Crippen LogP contribution < -0.4 is 10.2 Å². The Morgan fingerprint density at radius 2 is 1.62 bits per heavy atom. The molecule has 4 aromatic carbocycles. The van der Waals surface area contributed by atoms with E-state index >= 15 is 0 Å². The van der Waals surface area contributed by atoms with Crippen LogP contribution in [0.2, 0.25) is 5.02 Å². The second-order valence-corrected chi connectivity index (χ2v) is 9.56. The largest absolute Gasteiger partial charge is 0.457 e. The number of para-hydroxylation sites is 1. The van der Waals surface area contributed by atoms with Gasteiger partial charge in [-0.3, -0.25) is 9.59 Å². The minimum absolute atomic E-state index is 0.0614. The third-order valence-corrected chi connectivity index (χ3v) is 6.79. The molecule has 0 saturated heterocycles. The van der Waals surface area contributed by atoms with Gasteiger partial charge in [0.15, 0.2) is 5.43 Å². The van der Waals surface area contributed by atoms with Gasteiger partial charge in [0.05, 0.1) is 17.0 Å². The highest BCUT2D eigenvalue weighted by Crippen LogP contribution is 2.40. The second kappa shape index (κ2) is 9.26. The predicted octanol–water partition coefficient (Wildman–Crippen LogP) is 7.29. The minimum atomic E-state index is -0.650. The predicted molar refractivity (Wildman–Crippen MR) is 143 cm³/mol. The molecule has 1 atom stereocenters. The average molecular weight is 508 g/mol. The van der Waals surface area contributed by atoms with Gasteiger partial charge in [-0.05, 0) is 60.5 Å². The van der Waals surface area contributed by atoms with Crippen molar-refractivity contribution in [3.05, 3.63) is 140 Å². The second-order valence-electron chi connectivity index (χ2n) is 9.12. The average Bonchev–Trinajstić information content (AvgIpc) is 3.18. The molecule has 6 rings (SSSR count). The molecular formula is C31H22ClNO4. The van der Waals surface area contributed by atoms with Gasteiger partial charge < -0.3 is 14.1 Å². The summed E-state index contributed by atoms with van der Waals surface area (Å²) in [4.78, 5) is 29.2. The lowest BCUT2D eigenvalue weighted by molar-refractivity contribution is 0.0714. The Morgan fingerprint density at radius 3 is 2.41 bits per heavy atom. The molecule has 0 N–H and O–H groups in total. The Balaban J connectivity index is 1.50. The quantitative estimate of drug-likeness (QED) is 0.250. The van der Waals surface area contributed by atoms with E-state index in [1.165, 1.54) is 0 Å². The molecule has 1 aromatic heterocycles. The first-order chi connectivity index (χ1) is 18.0. The van der Waals surface area contributed by atoms with Gasteiger partial charge in [0.2, 0.25) is 5.76 Å². The summed E-state index contributed by atoms with van der Waals surface area (Å²) in [6.07, 6.45) is 0. The van der Waals surface area contributed by atoms with E-state index in [0.717, 1.165) is 16.7 Å². The van der Waals surface area contributed by atoms with Gasteiger partial charge in [0.25, 0.3) is 5.91 Å². The Labute approximate surface area is 218 Å². The molecule has 0 spiro atoms. The molecule has 0 aliphatic carbocycles. The maximum Gasteiger partial charge on any atom is 0.291 e. The summed E-state index contributed by atoms with van der Waals surface area (Å²) >= 11 is 6.20. The van der Waals surface area contributed by atoms with E-state index in [-0.39, 0.29) is 17.1 Å². The lowest BCUT2D eigenvalue weighted by atomic mass is 9.98. The van der Waals surface area contributed by atoms with Crippen molar-refractivity contribution in [2.24, 2.45) is 0 Å². The van der Waals surface area contributed by atoms with Crippen molar-refractivity contribution < 1.29 is 13.9 Å². The molecule has 1 aliphatic rings. The molecule has 182 valence electrons. The zero-order chi connectivity index (χ0) is 25.5. The van der Waals surface area contributed by atoms with E-state index in [1.807, 2.05) is 85.8 Å². The van der Waals surface area contributed by atoms with Crippen LogP contribution in [0.5, 0.6) is 11.5 Å². The molecule has 5 nitrogen and oxygen atoms in total. The van der Waals surface area contributed by atoms with Crippen LogP contribution >= 0.6 is 11.6 Å². The summed E-state index contributed by atoms with van der Waals surface area (Å²) in [6.45, 7) is 2.33. The highest BCUT2D eigenvalue weighted by molar-refractivity contribution is 6.31. The molecule has 2 heterocycles. The number of benzene rings is 4. The van der Waals surface area contributed by atoms with Crippen LogP contribution in [0.4, 0.5) is 0 Å². The van der Waals surface area contributed by atoms with Crippen molar-refractivity contribution in [3.8, 4) is 11.5 Å². The fraction of sp³-hybridized carbons (Fsp3) is 0.0968. The first-order valence-electron chi connectivity index (χ1n) is 11.9. The number of rotatable bonds is 5. The van der Waals surface area contributed by atoms with Crippen molar-refractivity contribution in [3.63, 3.8) is 0 Å². The lowest BCUT2D eigenvalue weighted by Crippen LogP contribution is -2.29. The topological polar surface area (TPSA) is 59.8 Å². The molecule has 1 amide bonds. The molecule has 0 saturated carbocycles. The standard InChI is InChI=1S/C31H22ClNO4/c1-19-10-12-20(13-11-19)18-33-28(21-6-5-9-24(16-21)36-23-7-3-2-4-8-23)27-29(34)25-17-22(32)14-15-26(25)37-30(27)31(33)35/h2-17,28H,18H2,1H3. The fourth-order valence-corrected chi connectivity index (χ4v) is 4.94. The molecule has 1 aliphatic heterocycles. The molecule has 37 heavy (non-hydrogen) atoms. The van der Waals surface area contributed by atoms with Crippen molar-refractivity contribution in [1.29, 1.82) is 0 Å². The monoisotopic (exact) mass is 507 g/mol. The van der Waals surface area contributed by atoms with Gasteiger partial charge in [0, 0.05) is 11.6 Å². The summed E-state index contributed by atoms with van der Waals surface area (Å²) in [6, 6.07) is 29.1. The fourth-order valence-electron chi connectivity index (χ4n) is 4.77. The normalized spacial score (nSPS) is 14.7. The van der Waals surface area contributed by atoms with Crippen LogP contribution in [0.3, 0.4) is 0 Å². The van der Waals surface area contributed by atoms with Crippen molar-refractivity contribution in [1.82, 2.24) is 4.90 Å². The molecule has 6 heteroatoms. The van der Waals surface area contributed by atoms with Gasteiger partial charge in [-0.1, -0.05) is 71.8 Å². The van der Waals surface area contributed by atoms with E-state index in [1.54, 1.807) is 23.1 Å². The summed E-state index contributed by atoms with van der Waals surface area (Å²) in [5, 5.41) is 0.772. The SMILES string of the molecule is Cc1ccc(CN2C(=O)c3oc4ccc(Cl)cc4c(=O)c3C2c2cccc(Oc3ccccc3)c2)cc1. The number of halogens is 1. The van der Waals surface area contributed by atoms with Gasteiger partial charge in [-0.2, -0.15) is 0 Å². The van der Waals surface area contributed by atoms with Crippen LogP contribution in [0, 0.1) is 6.92 Å². The molecule has 0 bridgehead atoms. The number of amides is 1. The van der Waals surface area contributed by atoms with E-state index < -0.39 is 6.04 Å². The number of hydrogen-bond donors (Lipinski definition) is 0. The zero-order valence-electron chi connectivity index (χ0n) is 20.0. The molecular weight excluding hydrogens is 486 g/mol. The highest BCUT2D eigenvalue weighted by atomic mass is 35.5.